The smallest absolute Gasteiger partial charge is 0.320 e. The molecule has 22 heavy (non-hydrogen) atoms. The van der Waals surface area contributed by atoms with Crippen molar-refractivity contribution < 1.29 is 9.90 Å². The molecule has 2 rings (SSSR count). The molecule has 0 bridgehead atoms. The quantitative estimate of drug-likeness (QED) is 0.817. The molecule has 0 saturated carbocycles. The number of thiazole rings is 1. The number of carboxylic acid groups (broad SMARTS) is 1. The SMILES string of the molecule is Cc1ccc(-c2ncc(CNC(CC(C)C)C(=O)O)s2)cc1. The number of carboxylic acids is 1. The lowest BCUT2D eigenvalue weighted by Crippen LogP contribution is -2.37. The van der Waals surface area contributed by atoms with Crippen LogP contribution in [0.3, 0.4) is 0 Å². The molecule has 1 unspecified atom stereocenters. The number of nitrogens with one attached hydrogen (secondary N) is 1. The highest BCUT2D eigenvalue weighted by Gasteiger charge is 2.18. The van der Waals surface area contributed by atoms with E-state index in [1.54, 1.807) is 11.3 Å². The Hall–Kier alpha value is -1.72. The Balaban J connectivity index is 1.99. The highest BCUT2D eigenvalue weighted by Crippen LogP contribution is 2.25. The normalized spacial score (nSPS) is 12.5. The minimum absolute atomic E-state index is 0.346. The maximum absolute atomic E-state index is 11.2. The summed E-state index contributed by atoms with van der Waals surface area (Å²) < 4.78 is 0. The van der Waals surface area contributed by atoms with Crippen LogP contribution in [0.4, 0.5) is 0 Å². The Morgan fingerprint density at radius 1 is 1.32 bits per heavy atom. The average Bonchev–Trinajstić information content (AvgIpc) is 2.92. The first-order valence-corrected chi connectivity index (χ1v) is 8.25. The van der Waals surface area contributed by atoms with E-state index in [-0.39, 0.29) is 0 Å². The number of rotatable bonds is 7. The van der Waals surface area contributed by atoms with Crippen molar-refractivity contribution in [3.8, 4) is 10.6 Å². The third-order valence-corrected chi connectivity index (χ3v) is 4.43. The maximum atomic E-state index is 11.2. The van der Waals surface area contributed by atoms with Crippen molar-refractivity contribution in [1.29, 1.82) is 0 Å². The van der Waals surface area contributed by atoms with Crippen molar-refractivity contribution in [2.45, 2.75) is 39.8 Å². The van der Waals surface area contributed by atoms with Crippen LogP contribution in [0.1, 0.15) is 30.7 Å². The molecule has 4 nitrogen and oxygen atoms in total. The molecule has 1 atom stereocenters. The molecular formula is C17H22N2O2S. The van der Waals surface area contributed by atoms with Crippen LogP contribution in [0.25, 0.3) is 10.6 Å². The van der Waals surface area contributed by atoms with Gasteiger partial charge in [-0.3, -0.25) is 10.1 Å². The third-order valence-electron chi connectivity index (χ3n) is 3.38. The summed E-state index contributed by atoms with van der Waals surface area (Å²) in [6, 6.07) is 7.74. The van der Waals surface area contributed by atoms with E-state index in [2.05, 4.69) is 41.5 Å². The van der Waals surface area contributed by atoms with Crippen molar-refractivity contribution in [1.82, 2.24) is 10.3 Å². The molecule has 0 fully saturated rings. The van der Waals surface area contributed by atoms with Crippen LogP contribution in [0, 0.1) is 12.8 Å². The third kappa shape index (κ3) is 4.64. The standard InChI is InChI=1S/C17H22N2O2S/c1-11(2)8-15(17(20)21)18-9-14-10-19-16(22-14)13-6-4-12(3)5-7-13/h4-7,10-11,15,18H,8-9H2,1-3H3,(H,20,21). The summed E-state index contributed by atoms with van der Waals surface area (Å²) in [6.45, 7) is 6.65. The Morgan fingerprint density at radius 2 is 2.00 bits per heavy atom. The molecule has 5 heteroatoms. The largest absolute Gasteiger partial charge is 0.480 e. The molecule has 0 amide bonds. The zero-order valence-electron chi connectivity index (χ0n) is 13.2. The second-order valence-electron chi connectivity index (χ2n) is 5.90. The minimum atomic E-state index is -0.794. The monoisotopic (exact) mass is 318 g/mol. The van der Waals surface area contributed by atoms with E-state index in [9.17, 15) is 9.90 Å². The van der Waals surface area contributed by atoms with Crippen LogP contribution < -0.4 is 5.32 Å². The summed E-state index contributed by atoms with van der Waals surface area (Å²) in [5.41, 5.74) is 2.32. The summed E-state index contributed by atoms with van der Waals surface area (Å²) >= 11 is 1.60. The van der Waals surface area contributed by atoms with Crippen LogP contribution in [-0.4, -0.2) is 22.1 Å². The predicted molar refractivity (Wildman–Crippen MR) is 90.0 cm³/mol. The molecule has 1 aromatic heterocycles. The van der Waals surface area contributed by atoms with Crippen LogP contribution in [0.15, 0.2) is 30.5 Å². The van der Waals surface area contributed by atoms with E-state index in [0.717, 1.165) is 15.4 Å². The van der Waals surface area contributed by atoms with Gasteiger partial charge in [0, 0.05) is 23.2 Å². The van der Waals surface area contributed by atoms with Gasteiger partial charge in [-0.15, -0.1) is 11.3 Å². The lowest BCUT2D eigenvalue weighted by Gasteiger charge is -2.15. The first-order valence-electron chi connectivity index (χ1n) is 7.43. The van der Waals surface area contributed by atoms with Crippen LogP contribution in [0.2, 0.25) is 0 Å². The highest BCUT2D eigenvalue weighted by molar-refractivity contribution is 7.15. The first-order chi connectivity index (χ1) is 10.5. The van der Waals surface area contributed by atoms with Gasteiger partial charge in [-0.2, -0.15) is 0 Å². The Bertz CT molecular complexity index is 620. The van der Waals surface area contributed by atoms with Gasteiger partial charge in [0.2, 0.25) is 0 Å². The number of benzene rings is 1. The lowest BCUT2D eigenvalue weighted by molar-refractivity contribution is -0.140. The van der Waals surface area contributed by atoms with Crippen LogP contribution in [0.5, 0.6) is 0 Å². The fourth-order valence-electron chi connectivity index (χ4n) is 2.19. The average molecular weight is 318 g/mol. The van der Waals surface area contributed by atoms with E-state index in [1.807, 2.05) is 20.0 Å². The number of aromatic nitrogens is 1. The second kappa shape index (κ2) is 7.51. The molecule has 0 aliphatic carbocycles. The van der Waals surface area contributed by atoms with E-state index in [1.165, 1.54) is 5.56 Å². The molecule has 1 heterocycles. The molecule has 2 aromatic rings. The van der Waals surface area contributed by atoms with Gasteiger partial charge in [-0.05, 0) is 19.3 Å². The summed E-state index contributed by atoms with van der Waals surface area (Å²) in [5, 5.41) is 13.3. The first kappa shape index (κ1) is 16.6. The number of hydrogen-bond acceptors (Lipinski definition) is 4. The molecule has 0 aliphatic heterocycles. The number of aliphatic carboxylic acids is 1. The van der Waals surface area contributed by atoms with E-state index in [0.29, 0.717) is 18.9 Å². The van der Waals surface area contributed by atoms with Gasteiger partial charge in [0.1, 0.15) is 11.0 Å². The minimum Gasteiger partial charge on any atom is -0.480 e. The molecule has 118 valence electrons. The van der Waals surface area contributed by atoms with E-state index >= 15 is 0 Å². The summed E-state index contributed by atoms with van der Waals surface area (Å²) in [7, 11) is 0. The lowest BCUT2D eigenvalue weighted by atomic mass is 10.0. The fourth-order valence-corrected chi connectivity index (χ4v) is 3.05. The highest BCUT2D eigenvalue weighted by atomic mass is 32.1. The van der Waals surface area contributed by atoms with Gasteiger partial charge in [0.15, 0.2) is 0 Å². The van der Waals surface area contributed by atoms with Gasteiger partial charge < -0.3 is 5.11 Å². The fraction of sp³-hybridized carbons (Fsp3) is 0.412. The number of carbonyl (C=O) groups is 1. The Morgan fingerprint density at radius 3 is 2.59 bits per heavy atom. The molecular weight excluding hydrogens is 296 g/mol. The van der Waals surface area contributed by atoms with Crippen molar-refractivity contribution in [3.63, 3.8) is 0 Å². The van der Waals surface area contributed by atoms with Gasteiger partial charge in [-0.25, -0.2) is 4.98 Å². The van der Waals surface area contributed by atoms with Crippen molar-refractivity contribution in [3.05, 3.63) is 40.9 Å². The van der Waals surface area contributed by atoms with Gasteiger partial charge in [0.25, 0.3) is 0 Å². The van der Waals surface area contributed by atoms with E-state index < -0.39 is 12.0 Å². The molecule has 0 radical (unpaired) electrons. The number of hydrogen-bond donors (Lipinski definition) is 2. The Labute approximate surface area is 135 Å². The number of aryl methyl sites for hydroxylation is 1. The maximum Gasteiger partial charge on any atom is 0.320 e. The summed E-state index contributed by atoms with van der Waals surface area (Å²) in [5.74, 6) is -0.449. The molecule has 0 aliphatic rings. The zero-order chi connectivity index (χ0) is 16.1. The molecule has 2 N–H and O–H groups in total. The second-order valence-corrected chi connectivity index (χ2v) is 7.01. The summed E-state index contributed by atoms with van der Waals surface area (Å²) in [4.78, 5) is 16.7. The Kier molecular flexibility index (Phi) is 5.69. The topological polar surface area (TPSA) is 62.2 Å². The van der Waals surface area contributed by atoms with Gasteiger partial charge in [0.05, 0.1) is 0 Å². The van der Waals surface area contributed by atoms with Crippen molar-refractivity contribution in [2.75, 3.05) is 0 Å². The van der Waals surface area contributed by atoms with E-state index in [4.69, 9.17) is 0 Å². The van der Waals surface area contributed by atoms with Crippen LogP contribution in [-0.2, 0) is 11.3 Å². The summed E-state index contributed by atoms with van der Waals surface area (Å²) in [6.07, 6.45) is 2.44. The van der Waals surface area contributed by atoms with Gasteiger partial charge >= 0.3 is 5.97 Å². The number of nitrogens with zero attached hydrogens (tertiary/aromatic N) is 1. The van der Waals surface area contributed by atoms with Crippen molar-refractivity contribution >= 4 is 17.3 Å². The molecule has 0 saturated heterocycles. The molecule has 1 aromatic carbocycles. The van der Waals surface area contributed by atoms with Gasteiger partial charge in [-0.1, -0.05) is 43.7 Å². The zero-order valence-corrected chi connectivity index (χ0v) is 14.0. The molecule has 0 spiro atoms. The van der Waals surface area contributed by atoms with Crippen LogP contribution >= 0.6 is 11.3 Å². The predicted octanol–water partition coefficient (Wildman–Crippen LogP) is 3.71. The van der Waals surface area contributed by atoms with Crippen molar-refractivity contribution in [2.24, 2.45) is 5.92 Å².